The van der Waals surface area contributed by atoms with Crippen LogP contribution < -0.4 is 16.2 Å². The summed E-state index contributed by atoms with van der Waals surface area (Å²) in [5.41, 5.74) is 14.9. The molecule has 0 aromatic heterocycles. The number of phenolic OH excluding ortho intramolecular Hbond substituents is 1. The van der Waals surface area contributed by atoms with Crippen molar-refractivity contribution in [2.75, 3.05) is 13.7 Å². The fourth-order valence-electron chi connectivity index (χ4n) is 4.24. The van der Waals surface area contributed by atoms with Crippen molar-refractivity contribution in [2.45, 2.75) is 71.8 Å². The zero-order chi connectivity index (χ0) is 22.3. The third-order valence-corrected chi connectivity index (χ3v) is 5.78. The first kappa shape index (κ1) is 23.9. The van der Waals surface area contributed by atoms with E-state index in [1.807, 2.05) is 13.0 Å². The highest BCUT2D eigenvalue weighted by Gasteiger charge is 2.37. The van der Waals surface area contributed by atoms with Gasteiger partial charge < -0.3 is 21.3 Å². The molecule has 30 heavy (non-hydrogen) atoms. The smallest absolute Gasteiger partial charge is 0.164 e. The second-order valence-electron chi connectivity index (χ2n) is 8.74. The second-order valence-corrected chi connectivity index (χ2v) is 8.74. The zero-order valence-electron chi connectivity index (χ0n) is 19.0. The standard InChI is InChI=1S/C18H25N3O2.C6H13N/c1-6-9-23-16-12-10-18(2,3)14(17(19)21-5)15(20-4)11(12)7-8-13(16)22;7-6-4-2-1-3-5-6/h7-8,22H,4,6,9-10H2,1-3,5H3,(H2,19,21);6H,1-5,7H2. The van der Waals surface area contributed by atoms with E-state index in [2.05, 4.69) is 30.5 Å². The van der Waals surface area contributed by atoms with Crippen molar-refractivity contribution in [2.24, 2.45) is 26.9 Å². The molecule has 0 atom stereocenters. The fourth-order valence-corrected chi connectivity index (χ4v) is 4.24. The second kappa shape index (κ2) is 10.6. The molecule has 0 unspecified atom stereocenters. The number of aromatic hydroxyl groups is 1. The van der Waals surface area contributed by atoms with E-state index in [0.717, 1.165) is 23.1 Å². The van der Waals surface area contributed by atoms with E-state index in [4.69, 9.17) is 16.2 Å². The first-order valence-electron chi connectivity index (χ1n) is 10.9. The van der Waals surface area contributed by atoms with Crippen molar-refractivity contribution in [3.05, 3.63) is 28.8 Å². The lowest BCUT2D eigenvalue weighted by molar-refractivity contribution is 0.292. The van der Waals surface area contributed by atoms with E-state index >= 15 is 0 Å². The molecular weight excluding hydrogens is 376 g/mol. The van der Waals surface area contributed by atoms with Gasteiger partial charge in [0.05, 0.1) is 12.3 Å². The van der Waals surface area contributed by atoms with E-state index in [9.17, 15) is 5.11 Å². The minimum atomic E-state index is -0.286. The molecule has 0 aliphatic heterocycles. The minimum absolute atomic E-state index is 0.150. The van der Waals surface area contributed by atoms with Gasteiger partial charge in [-0.3, -0.25) is 9.98 Å². The van der Waals surface area contributed by atoms with Gasteiger partial charge in [0.2, 0.25) is 0 Å². The van der Waals surface area contributed by atoms with Crippen LogP contribution in [-0.2, 0) is 6.42 Å². The van der Waals surface area contributed by atoms with Crippen molar-refractivity contribution < 1.29 is 9.84 Å². The Kier molecular flexibility index (Phi) is 8.47. The van der Waals surface area contributed by atoms with Gasteiger partial charge in [-0.15, -0.1) is 0 Å². The number of amidine groups is 1. The maximum absolute atomic E-state index is 10.2. The fraction of sp³-hybridized carbons (Fsp3) is 0.583. The largest absolute Gasteiger partial charge is 0.504 e. The molecule has 6 heteroatoms. The third kappa shape index (κ3) is 5.42. The molecule has 0 spiro atoms. The highest BCUT2D eigenvalue weighted by atomic mass is 16.5. The maximum Gasteiger partial charge on any atom is 0.164 e. The molecule has 1 saturated carbocycles. The normalized spacial score (nSPS) is 18.9. The van der Waals surface area contributed by atoms with Crippen LogP contribution in [0.15, 0.2) is 27.7 Å². The third-order valence-electron chi connectivity index (χ3n) is 5.78. The number of nitrogens with two attached hydrogens (primary N) is 2. The Labute approximate surface area is 181 Å². The minimum Gasteiger partial charge on any atom is -0.504 e. The van der Waals surface area contributed by atoms with Crippen molar-refractivity contribution in [1.82, 2.24) is 0 Å². The Hall–Kier alpha value is -2.34. The molecule has 1 aromatic rings. The van der Waals surface area contributed by atoms with Crippen LogP contribution in [0.4, 0.5) is 0 Å². The predicted octanol–water partition coefficient (Wildman–Crippen LogP) is 4.44. The Morgan fingerprint density at radius 2 is 1.93 bits per heavy atom. The highest BCUT2D eigenvalue weighted by molar-refractivity contribution is 6.06. The number of rotatable bonds is 5. The van der Waals surface area contributed by atoms with Crippen LogP contribution in [0, 0.1) is 5.41 Å². The van der Waals surface area contributed by atoms with Crippen LogP contribution in [0.2, 0.25) is 0 Å². The van der Waals surface area contributed by atoms with Gasteiger partial charge in [0, 0.05) is 29.8 Å². The molecule has 0 saturated heterocycles. The summed E-state index contributed by atoms with van der Waals surface area (Å²) in [6.07, 6.45) is 8.21. The summed E-state index contributed by atoms with van der Waals surface area (Å²) < 4.78 is 5.80. The molecule has 0 radical (unpaired) electrons. The number of ether oxygens (including phenoxy) is 1. The quantitative estimate of drug-likeness (QED) is 0.489. The van der Waals surface area contributed by atoms with Crippen LogP contribution >= 0.6 is 0 Å². The average Bonchev–Trinajstić information content (AvgIpc) is 2.72. The molecule has 1 aromatic carbocycles. The van der Waals surface area contributed by atoms with Crippen LogP contribution in [0.1, 0.15) is 70.4 Å². The summed E-state index contributed by atoms with van der Waals surface area (Å²) in [6.45, 7) is 10.5. The molecule has 0 heterocycles. The summed E-state index contributed by atoms with van der Waals surface area (Å²) in [7, 11) is 1.67. The van der Waals surface area contributed by atoms with Gasteiger partial charge in [0.1, 0.15) is 5.84 Å². The molecular formula is C24H38N4O2. The molecule has 6 nitrogen and oxygen atoms in total. The molecule has 0 amide bonds. The van der Waals surface area contributed by atoms with Gasteiger partial charge in [-0.05, 0) is 49.9 Å². The molecule has 166 valence electrons. The van der Waals surface area contributed by atoms with Gasteiger partial charge in [-0.25, -0.2) is 0 Å². The number of aliphatic imine (C=N–C) groups is 2. The summed E-state index contributed by atoms with van der Waals surface area (Å²) in [5.74, 6) is 1.15. The van der Waals surface area contributed by atoms with Crippen molar-refractivity contribution >= 4 is 18.3 Å². The summed E-state index contributed by atoms with van der Waals surface area (Å²) >= 11 is 0. The Balaban J connectivity index is 0.000000386. The number of nitrogens with zero attached hydrogens (tertiary/aromatic N) is 2. The number of fused-ring (bicyclic) bond motifs is 1. The number of phenols is 1. The van der Waals surface area contributed by atoms with Gasteiger partial charge in [-0.1, -0.05) is 40.0 Å². The summed E-state index contributed by atoms with van der Waals surface area (Å²) in [4.78, 5) is 8.35. The first-order chi connectivity index (χ1) is 14.3. The van der Waals surface area contributed by atoms with Crippen molar-refractivity contribution in [3.8, 4) is 11.5 Å². The van der Waals surface area contributed by atoms with E-state index in [-0.39, 0.29) is 11.2 Å². The maximum atomic E-state index is 10.2. The van der Waals surface area contributed by atoms with Crippen LogP contribution in [0.5, 0.6) is 11.5 Å². The van der Waals surface area contributed by atoms with E-state index < -0.39 is 0 Å². The molecule has 5 N–H and O–H groups in total. The Bertz CT molecular complexity index is 806. The average molecular weight is 415 g/mol. The van der Waals surface area contributed by atoms with Gasteiger partial charge in [0.15, 0.2) is 11.5 Å². The van der Waals surface area contributed by atoms with Crippen LogP contribution in [0.25, 0.3) is 5.70 Å². The molecule has 3 rings (SSSR count). The summed E-state index contributed by atoms with van der Waals surface area (Å²) in [5, 5.41) is 10.2. The topological polar surface area (TPSA) is 106 Å². The zero-order valence-corrected chi connectivity index (χ0v) is 19.0. The van der Waals surface area contributed by atoms with Gasteiger partial charge in [0.25, 0.3) is 0 Å². The highest BCUT2D eigenvalue weighted by Crippen LogP contribution is 2.48. The number of hydrogen-bond acceptors (Lipinski definition) is 5. The SMILES string of the molecule is C=NC1=C(C(N)=NC)C(C)(C)Cc2c1ccc(O)c2OCCC.NC1CCCCC1. The van der Waals surface area contributed by atoms with Gasteiger partial charge in [-0.2, -0.15) is 0 Å². The predicted molar refractivity (Wildman–Crippen MR) is 126 cm³/mol. The van der Waals surface area contributed by atoms with E-state index in [1.165, 1.54) is 32.1 Å². The molecule has 1 fully saturated rings. The molecule has 0 bridgehead atoms. The lowest BCUT2D eigenvalue weighted by Crippen LogP contribution is -2.33. The van der Waals surface area contributed by atoms with Crippen molar-refractivity contribution in [1.29, 1.82) is 0 Å². The van der Waals surface area contributed by atoms with Crippen molar-refractivity contribution in [3.63, 3.8) is 0 Å². The van der Waals surface area contributed by atoms with Crippen LogP contribution in [-0.4, -0.2) is 37.4 Å². The molecule has 2 aliphatic carbocycles. The van der Waals surface area contributed by atoms with E-state index in [1.54, 1.807) is 13.1 Å². The summed E-state index contributed by atoms with van der Waals surface area (Å²) in [6, 6.07) is 4.00. The van der Waals surface area contributed by atoms with Gasteiger partial charge >= 0.3 is 0 Å². The van der Waals surface area contributed by atoms with Crippen LogP contribution in [0.3, 0.4) is 0 Å². The lowest BCUT2D eigenvalue weighted by atomic mass is 9.71. The number of hydrogen-bond donors (Lipinski definition) is 3. The number of benzene rings is 1. The monoisotopic (exact) mass is 414 g/mol. The Morgan fingerprint density at radius 1 is 1.27 bits per heavy atom. The first-order valence-corrected chi connectivity index (χ1v) is 10.9. The molecule has 2 aliphatic rings. The van der Waals surface area contributed by atoms with E-state index in [0.29, 0.717) is 36.4 Å². The lowest BCUT2D eigenvalue weighted by Gasteiger charge is -2.35. The Morgan fingerprint density at radius 3 is 2.43 bits per heavy atom.